The summed E-state index contributed by atoms with van der Waals surface area (Å²) in [6.07, 6.45) is 1.44. The predicted molar refractivity (Wildman–Crippen MR) is 76.6 cm³/mol. The van der Waals surface area contributed by atoms with Crippen LogP contribution in [0.1, 0.15) is 18.9 Å². The molecule has 0 saturated carbocycles. The fraction of sp³-hybridized carbons (Fsp3) is 0.533. The number of ether oxygens (including phenoxy) is 1. The van der Waals surface area contributed by atoms with Crippen molar-refractivity contribution in [2.45, 2.75) is 25.8 Å². The van der Waals surface area contributed by atoms with Crippen molar-refractivity contribution in [2.75, 3.05) is 19.8 Å². The van der Waals surface area contributed by atoms with Gasteiger partial charge in [0.25, 0.3) is 0 Å². The molecule has 0 amide bonds. The largest absolute Gasteiger partial charge is 0.379 e. The number of rotatable bonds is 6. The average Bonchev–Trinajstić information content (AvgIpc) is 2.87. The summed E-state index contributed by atoms with van der Waals surface area (Å²) in [5, 5.41) is 4.04. The Morgan fingerprint density at radius 1 is 1.42 bits per heavy atom. The number of hydrogen-bond acceptors (Lipinski definition) is 3. The lowest BCUT2D eigenvalue weighted by atomic mass is 9.93. The van der Waals surface area contributed by atoms with Crippen LogP contribution in [0.3, 0.4) is 0 Å². The summed E-state index contributed by atoms with van der Waals surface area (Å²) in [6, 6.07) is 7.66. The van der Waals surface area contributed by atoms with E-state index >= 15 is 0 Å². The molecule has 0 aromatic heterocycles. The van der Waals surface area contributed by atoms with Crippen LogP contribution >= 0.6 is 11.6 Å². The van der Waals surface area contributed by atoms with Crippen LogP contribution in [0, 0.1) is 5.92 Å². The van der Waals surface area contributed by atoms with Crippen molar-refractivity contribution >= 4 is 17.4 Å². The number of carbonyl (C=O) groups is 1. The van der Waals surface area contributed by atoms with E-state index in [1.54, 1.807) is 0 Å². The van der Waals surface area contributed by atoms with E-state index in [-0.39, 0.29) is 17.7 Å². The highest BCUT2D eigenvalue weighted by molar-refractivity contribution is 6.31. The lowest BCUT2D eigenvalue weighted by Crippen LogP contribution is -2.40. The van der Waals surface area contributed by atoms with E-state index in [1.165, 1.54) is 0 Å². The number of carbonyl (C=O) groups excluding carboxylic acids is 1. The van der Waals surface area contributed by atoms with E-state index < -0.39 is 0 Å². The van der Waals surface area contributed by atoms with Crippen LogP contribution in [0.5, 0.6) is 0 Å². The van der Waals surface area contributed by atoms with Crippen LogP contribution in [0.15, 0.2) is 24.3 Å². The van der Waals surface area contributed by atoms with Crippen molar-refractivity contribution in [3.05, 3.63) is 34.9 Å². The third kappa shape index (κ3) is 3.78. The maximum atomic E-state index is 12.4. The molecule has 2 rings (SSSR count). The van der Waals surface area contributed by atoms with Gasteiger partial charge in [-0.3, -0.25) is 4.79 Å². The molecular weight excluding hydrogens is 262 g/mol. The van der Waals surface area contributed by atoms with E-state index in [4.69, 9.17) is 16.3 Å². The molecule has 1 saturated heterocycles. The lowest BCUT2D eigenvalue weighted by Gasteiger charge is -2.18. The second-order valence-electron chi connectivity index (χ2n) is 4.94. The molecule has 2 atom stereocenters. The molecule has 104 valence electrons. The second kappa shape index (κ2) is 7.04. The minimum absolute atomic E-state index is 0.0529. The van der Waals surface area contributed by atoms with Crippen LogP contribution in [0.2, 0.25) is 5.02 Å². The van der Waals surface area contributed by atoms with Crippen LogP contribution in [0.25, 0.3) is 0 Å². The Bertz CT molecular complexity index is 436. The Morgan fingerprint density at radius 3 is 2.95 bits per heavy atom. The van der Waals surface area contributed by atoms with Gasteiger partial charge in [0.15, 0.2) is 0 Å². The first-order valence-electron chi connectivity index (χ1n) is 6.79. The van der Waals surface area contributed by atoms with Crippen molar-refractivity contribution < 1.29 is 9.53 Å². The standard InChI is InChI=1S/C15H20ClNO2/c1-2-7-17-14-10-19-9-12(14)15(18)8-11-5-3-4-6-13(11)16/h3-6,12,14,17H,2,7-10H2,1H3. The molecular formula is C15H20ClNO2. The molecule has 1 aliphatic rings. The fourth-order valence-electron chi connectivity index (χ4n) is 2.36. The first-order valence-corrected chi connectivity index (χ1v) is 7.17. The Balaban J connectivity index is 1.97. The summed E-state index contributed by atoms with van der Waals surface area (Å²) in [5.41, 5.74) is 0.898. The molecule has 1 aromatic carbocycles. The molecule has 19 heavy (non-hydrogen) atoms. The highest BCUT2D eigenvalue weighted by Gasteiger charge is 2.33. The molecule has 0 aliphatic carbocycles. The average molecular weight is 282 g/mol. The van der Waals surface area contributed by atoms with E-state index in [2.05, 4.69) is 12.2 Å². The normalized spacial score (nSPS) is 22.6. The molecule has 1 fully saturated rings. The summed E-state index contributed by atoms with van der Waals surface area (Å²) in [7, 11) is 0. The zero-order valence-corrected chi connectivity index (χ0v) is 12.0. The van der Waals surface area contributed by atoms with E-state index in [9.17, 15) is 4.79 Å². The molecule has 0 spiro atoms. The zero-order valence-electron chi connectivity index (χ0n) is 11.2. The third-order valence-electron chi connectivity index (χ3n) is 3.47. The Morgan fingerprint density at radius 2 is 2.21 bits per heavy atom. The smallest absolute Gasteiger partial charge is 0.144 e. The van der Waals surface area contributed by atoms with Crippen molar-refractivity contribution in [3.63, 3.8) is 0 Å². The monoisotopic (exact) mass is 281 g/mol. The van der Waals surface area contributed by atoms with Gasteiger partial charge in [-0.15, -0.1) is 0 Å². The third-order valence-corrected chi connectivity index (χ3v) is 3.84. The number of ketones is 1. The topological polar surface area (TPSA) is 38.3 Å². The minimum atomic E-state index is -0.0529. The summed E-state index contributed by atoms with van der Waals surface area (Å²) in [5.74, 6) is 0.155. The van der Waals surface area contributed by atoms with E-state index in [0.717, 1.165) is 18.5 Å². The van der Waals surface area contributed by atoms with Gasteiger partial charge in [-0.1, -0.05) is 36.7 Å². The van der Waals surface area contributed by atoms with Crippen LogP contribution in [-0.2, 0) is 16.0 Å². The summed E-state index contributed by atoms with van der Waals surface area (Å²) >= 11 is 6.10. The summed E-state index contributed by atoms with van der Waals surface area (Å²) in [4.78, 5) is 12.4. The second-order valence-corrected chi connectivity index (χ2v) is 5.35. The highest BCUT2D eigenvalue weighted by Crippen LogP contribution is 2.21. The Hall–Kier alpha value is -0.900. The van der Waals surface area contributed by atoms with E-state index in [0.29, 0.717) is 24.7 Å². The summed E-state index contributed by atoms with van der Waals surface area (Å²) < 4.78 is 5.44. The van der Waals surface area contributed by atoms with Gasteiger partial charge in [0.2, 0.25) is 0 Å². The van der Waals surface area contributed by atoms with Crippen molar-refractivity contribution in [2.24, 2.45) is 5.92 Å². The van der Waals surface area contributed by atoms with Gasteiger partial charge in [0, 0.05) is 17.5 Å². The fourth-order valence-corrected chi connectivity index (χ4v) is 2.57. The molecule has 1 aromatic rings. The number of hydrogen-bond donors (Lipinski definition) is 1. The van der Waals surface area contributed by atoms with Crippen molar-refractivity contribution in [3.8, 4) is 0 Å². The van der Waals surface area contributed by atoms with Crippen molar-refractivity contribution in [1.82, 2.24) is 5.32 Å². The van der Waals surface area contributed by atoms with Gasteiger partial charge in [-0.2, -0.15) is 0 Å². The molecule has 0 bridgehead atoms. The van der Waals surface area contributed by atoms with Gasteiger partial charge >= 0.3 is 0 Å². The zero-order chi connectivity index (χ0) is 13.7. The predicted octanol–water partition coefficient (Wildman–Crippen LogP) is 2.47. The van der Waals surface area contributed by atoms with Crippen LogP contribution in [0.4, 0.5) is 0 Å². The SMILES string of the molecule is CCCNC1COCC1C(=O)Cc1ccccc1Cl. The molecule has 4 heteroatoms. The highest BCUT2D eigenvalue weighted by atomic mass is 35.5. The van der Waals surface area contributed by atoms with Gasteiger partial charge < -0.3 is 10.1 Å². The van der Waals surface area contributed by atoms with Crippen LogP contribution in [-0.4, -0.2) is 31.6 Å². The quantitative estimate of drug-likeness (QED) is 0.870. The first kappa shape index (κ1) is 14.5. The van der Waals surface area contributed by atoms with Gasteiger partial charge in [0.1, 0.15) is 5.78 Å². The molecule has 0 radical (unpaired) electrons. The van der Waals surface area contributed by atoms with Gasteiger partial charge in [0.05, 0.1) is 19.1 Å². The first-order chi connectivity index (χ1) is 9.22. The Kier molecular flexibility index (Phi) is 5.37. The molecule has 1 N–H and O–H groups in total. The van der Waals surface area contributed by atoms with Crippen LogP contribution < -0.4 is 5.32 Å². The molecule has 1 heterocycles. The number of nitrogens with one attached hydrogen (secondary N) is 1. The Labute approximate surface area is 119 Å². The minimum Gasteiger partial charge on any atom is -0.379 e. The lowest BCUT2D eigenvalue weighted by molar-refractivity contribution is -0.122. The maximum absolute atomic E-state index is 12.4. The molecule has 3 nitrogen and oxygen atoms in total. The van der Waals surface area contributed by atoms with E-state index in [1.807, 2.05) is 24.3 Å². The van der Waals surface area contributed by atoms with Crippen molar-refractivity contribution in [1.29, 1.82) is 0 Å². The number of halogens is 1. The number of benzene rings is 1. The number of Topliss-reactive ketones (excluding diaryl/α,β-unsaturated/α-hetero) is 1. The van der Waals surface area contributed by atoms with Gasteiger partial charge in [-0.25, -0.2) is 0 Å². The summed E-state index contributed by atoms with van der Waals surface area (Å²) in [6.45, 7) is 4.18. The van der Waals surface area contributed by atoms with Gasteiger partial charge in [-0.05, 0) is 24.6 Å². The molecule has 1 aliphatic heterocycles. The molecule has 2 unspecified atom stereocenters. The maximum Gasteiger partial charge on any atom is 0.144 e.